The molecule has 0 saturated heterocycles. The fourth-order valence-corrected chi connectivity index (χ4v) is 2.31. The van der Waals surface area contributed by atoms with Crippen LogP contribution in [0.25, 0.3) is 0 Å². The molecule has 2 nitrogen and oxygen atoms in total. The van der Waals surface area contributed by atoms with Crippen LogP contribution in [0.2, 0.25) is 5.02 Å². The molecule has 19 heavy (non-hydrogen) atoms. The molecule has 2 N–H and O–H groups in total. The molecule has 0 aromatic heterocycles. The lowest BCUT2D eigenvalue weighted by Crippen LogP contribution is -2.00. The van der Waals surface area contributed by atoms with Crippen LogP contribution < -0.4 is 10.5 Å². The van der Waals surface area contributed by atoms with E-state index in [1.165, 1.54) is 18.2 Å². The molecule has 2 aromatic carbocycles. The number of hydrogen-bond donors (Lipinski definition) is 1. The van der Waals surface area contributed by atoms with Crippen molar-refractivity contribution >= 4 is 27.5 Å². The molecule has 0 amide bonds. The van der Waals surface area contributed by atoms with Gasteiger partial charge in [-0.2, -0.15) is 0 Å². The van der Waals surface area contributed by atoms with E-state index in [0.29, 0.717) is 22.9 Å². The standard InChI is InChI=1S/C14H12BrClFNO/c15-12-5-9(7-18)1-4-14(12)19-8-10-6-11(17)2-3-13(10)16/h1-6H,7-8,18H2. The molecule has 2 aromatic rings. The lowest BCUT2D eigenvalue weighted by molar-refractivity contribution is 0.303. The summed E-state index contributed by atoms with van der Waals surface area (Å²) in [7, 11) is 0. The number of ether oxygens (including phenoxy) is 1. The molecule has 0 atom stereocenters. The second-order valence-corrected chi connectivity index (χ2v) is 5.25. The van der Waals surface area contributed by atoms with Gasteiger partial charge in [0.1, 0.15) is 18.2 Å². The maximum absolute atomic E-state index is 13.1. The van der Waals surface area contributed by atoms with Gasteiger partial charge in [0.2, 0.25) is 0 Å². The SMILES string of the molecule is NCc1ccc(OCc2cc(F)ccc2Cl)c(Br)c1. The molecule has 2 rings (SSSR count). The summed E-state index contributed by atoms with van der Waals surface area (Å²) < 4.78 is 19.5. The van der Waals surface area contributed by atoms with Gasteiger partial charge in [-0.15, -0.1) is 0 Å². The van der Waals surface area contributed by atoms with Gasteiger partial charge in [0.25, 0.3) is 0 Å². The maximum Gasteiger partial charge on any atom is 0.134 e. The second-order valence-electron chi connectivity index (χ2n) is 3.99. The normalized spacial score (nSPS) is 10.5. The molecule has 0 aliphatic carbocycles. The monoisotopic (exact) mass is 343 g/mol. The first kappa shape index (κ1) is 14.3. The minimum absolute atomic E-state index is 0.206. The average Bonchev–Trinajstić information content (AvgIpc) is 2.40. The van der Waals surface area contributed by atoms with E-state index in [-0.39, 0.29) is 12.4 Å². The zero-order chi connectivity index (χ0) is 13.8. The zero-order valence-electron chi connectivity index (χ0n) is 10.00. The first-order chi connectivity index (χ1) is 9.10. The summed E-state index contributed by atoms with van der Waals surface area (Å²) in [6.07, 6.45) is 0. The minimum Gasteiger partial charge on any atom is -0.488 e. The van der Waals surface area contributed by atoms with Gasteiger partial charge in [-0.1, -0.05) is 17.7 Å². The summed E-state index contributed by atoms with van der Waals surface area (Å²) >= 11 is 9.38. The van der Waals surface area contributed by atoms with E-state index >= 15 is 0 Å². The maximum atomic E-state index is 13.1. The Balaban J connectivity index is 2.12. The Morgan fingerprint density at radius 3 is 2.68 bits per heavy atom. The molecule has 0 aliphatic rings. The summed E-state index contributed by atoms with van der Waals surface area (Å²) in [5, 5.41) is 0.483. The molecule has 0 heterocycles. The Hall–Kier alpha value is -1.10. The summed E-state index contributed by atoms with van der Waals surface area (Å²) in [6.45, 7) is 0.672. The van der Waals surface area contributed by atoms with Crippen molar-refractivity contribution in [3.05, 3.63) is 62.8 Å². The fourth-order valence-electron chi connectivity index (χ4n) is 1.60. The van der Waals surface area contributed by atoms with Gasteiger partial charge in [0.05, 0.1) is 4.47 Å². The number of nitrogens with two attached hydrogens (primary N) is 1. The summed E-state index contributed by atoms with van der Waals surface area (Å²) in [6, 6.07) is 9.79. The number of benzene rings is 2. The van der Waals surface area contributed by atoms with Crippen LogP contribution in [0.5, 0.6) is 5.75 Å². The van der Waals surface area contributed by atoms with Gasteiger partial charge in [-0.3, -0.25) is 0 Å². The Kier molecular flexibility index (Phi) is 4.80. The fraction of sp³-hybridized carbons (Fsp3) is 0.143. The van der Waals surface area contributed by atoms with Crippen LogP contribution >= 0.6 is 27.5 Å². The van der Waals surface area contributed by atoms with Gasteiger partial charge < -0.3 is 10.5 Å². The molecule has 100 valence electrons. The van der Waals surface area contributed by atoms with Crippen molar-refractivity contribution in [2.45, 2.75) is 13.2 Å². The van der Waals surface area contributed by atoms with Crippen LogP contribution in [0.4, 0.5) is 4.39 Å². The van der Waals surface area contributed by atoms with E-state index in [1.807, 2.05) is 18.2 Å². The van der Waals surface area contributed by atoms with Crippen molar-refractivity contribution in [3.8, 4) is 5.75 Å². The van der Waals surface area contributed by atoms with E-state index < -0.39 is 0 Å². The van der Waals surface area contributed by atoms with Crippen molar-refractivity contribution in [2.75, 3.05) is 0 Å². The molecule has 0 saturated carbocycles. The molecule has 0 radical (unpaired) electrons. The highest BCUT2D eigenvalue weighted by Gasteiger charge is 2.06. The molecule has 0 fully saturated rings. The van der Waals surface area contributed by atoms with E-state index in [9.17, 15) is 4.39 Å². The van der Waals surface area contributed by atoms with Crippen LogP contribution in [-0.4, -0.2) is 0 Å². The Morgan fingerprint density at radius 2 is 2.00 bits per heavy atom. The number of rotatable bonds is 4. The van der Waals surface area contributed by atoms with E-state index in [4.69, 9.17) is 22.1 Å². The van der Waals surface area contributed by atoms with Crippen molar-refractivity contribution in [1.82, 2.24) is 0 Å². The number of hydrogen-bond acceptors (Lipinski definition) is 2. The largest absolute Gasteiger partial charge is 0.488 e. The van der Waals surface area contributed by atoms with Crippen LogP contribution in [0.15, 0.2) is 40.9 Å². The average molecular weight is 345 g/mol. The molecular weight excluding hydrogens is 333 g/mol. The lowest BCUT2D eigenvalue weighted by Gasteiger charge is -2.10. The van der Waals surface area contributed by atoms with Gasteiger partial charge >= 0.3 is 0 Å². The number of halogens is 3. The van der Waals surface area contributed by atoms with E-state index in [1.54, 1.807) is 0 Å². The highest BCUT2D eigenvalue weighted by molar-refractivity contribution is 9.10. The summed E-state index contributed by atoms with van der Waals surface area (Å²) in [4.78, 5) is 0. The predicted octanol–water partition coefficient (Wildman–Crippen LogP) is 4.28. The minimum atomic E-state index is -0.333. The van der Waals surface area contributed by atoms with Crippen molar-refractivity contribution in [2.24, 2.45) is 5.73 Å². The highest BCUT2D eigenvalue weighted by atomic mass is 79.9. The van der Waals surface area contributed by atoms with Crippen molar-refractivity contribution in [1.29, 1.82) is 0 Å². The third-order valence-corrected chi connectivity index (χ3v) is 3.61. The van der Waals surface area contributed by atoms with Gasteiger partial charge in [-0.05, 0) is 51.8 Å². The smallest absolute Gasteiger partial charge is 0.134 e. The van der Waals surface area contributed by atoms with E-state index in [2.05, 4.69) is 15.9 Å². The van der Waals surface area contributed by atoms with Crippen LogP contribution in [-0.2, 0) is 13.2 Å². The van der Waals surface area contributed by atoms with Crippen LogP contribution in [0, 0.1) is 5.82 Å². The third-order valence-electron chi connectivity index (χ3n) is 2.62. The quantitative estimate of drug-likeness (QED) is 0.898. The van der Waals surface area contributed by atoms with Crippen molar-refractivity contribution in [3.63, 3.8) is 0 Å². The summed E-state index contributed by atoms with van der Waals surface area (Å²) in [5.41, 5.74) is 7.16. The molecule has 0 unspecified atom stereocenters. The predicted molar refractivity (Wildman–Crippen MR) is 77.8 cm³/mol. The topological polar surface area (TPSA) is 35.2 Å². The molecule has 0 aliphatic heterocycles. The van der Waals surface area contributed by atoms with Crippen LogP contribution in [0.1, 0.15) is 11.1 Å². The molecule has 0 spiro atoms. The molecule has 0 bridgehead atoms. The second kappa shape index (κ2) is 6.37. The Labute approximate surface area is 124 Å². The zero-order valence-corrected chi connectivity index (χ0v) is 12.3. The Bertz CT molecular complexity index is 592. The first-order valence-electron chi connectivity index (χ1n) is 5.65. The van der Waals surface area contributed by atoms with E-state index in [0.717, 1.165) is 10.0 Å². The third kappa shape index (κ3) is 3.69. The van der Waals surface area contributed by atoms with Crippen molar-refractivity contribution < 1.29 is 9.13 Å². The lowest BCUT2D eigenvalue weighted by atomic mass is 10.2. The molecular formula is C14H12BrClFNO. The van der Waals surface area contributed by atoms with Crippen LogP contribution in [0.3, 0.4) is 0 Å². The highest BCUT2D eigenvalue weighted by Crippen LogP contribution is 2.27. The van der Waals surface area contributed by atoms with Gasteiger partial charge in [-0.25, -0.2) is 4.39 Å². The Morgan fingerprint density at radius 1 is 1.21 bits per heavy atom. The van der Waals surface area contributed by atoms with Gasteiger partial charge in [0.15, 0.2) is 0 Å². The molecule has 5 heteroatoms. The van der Waals surface area contributed by atoms with Gasteiger partial charge in [0, 0.05) is 17.1 Å². The first-order valence-corrected chi connectivity index (χ1v) is 6.82. The summed E-state index contributed by atoms with van der Waals surface area (Å²) in [5.74, 6) is 0.332.